The van der Waals surface area contributed by atoms with E-state index in [0.29, 0.717) is 5.95 Å². The van der Waals surface area contributed by atoms with E-state index in [2.05, 4.69) is 40.3 Å². The van der Waals surface area contributed by atoms with Crippen LogP contribution < -0.4 is 15.1 Å². The molecule has 1 aromatic carbocycles. The number of benzene rings is 1. The lowest BCUT2D eigenvalue weighted by atomic mass is 10.2. The zero-order valence-corrected chi connectivity index (χ0v) is 15.8. The number of hydrogen-bond acceptors (Lipinski definition) is 8. The fraction of sp³-hybridized carbons (Fsp3) is 0.190. The van der Waals surface area contributed by atoms with Gasteiger partial charge >= 0.3 is 0 Å². The Labute approximate surface area is 168 Å². The number of rotatable bonds is 4. The van der Waals surface area contributed by atoms with E-state index in [1.165, 1.54) is 0 Å². The molecule has 4 aromatic rings. The third-order valence-corrected chi connectivity index (χ3v) is 5.00. The summed E-state index contributed by atoms with van der Waals surface area (Å²) in [4.78, 5) is 18.1. The molecule has 0 radical (unpaired) electrons. The van der Waals surface area contributed by atoms with Crippen molar-refractivity contribution in [2.75, 3.05) is 41.3 Å². The summed E-state index contributed by atoms with van der Waals surface area (Å²) in [7, 11) is 0. The maximum atomic E-state index is 4.68. The Balaban J connectivity index is 1.32. The van der Waals surface area contributed by atoms with E-state index in [-0.39, 0.29) is 0 Å². The minimum Gasteiger partial charge on any atom is -0.353 e. The first-order chi connectivity index (χ1) is 14.4. The minimum atomic E-state index is 0.466. The number of nitrogens with one attached hydrogen (secondary N) is 1. The molecule has 0 atom stereocenters. The average molecular weight is 384 g/mol. The van der Waals surface area contributed by atoms with Gasteiger partial charge in [-0.3, -0.25) is 4.98 Å². The average Bonchev–Trinajstić information content (AvgIpc) is 2.80. The predicted octanol–water partition coefficient (Wildman–Crippen LogP) is 2.89. The Morgan fingerprint density at radius 2 is 1.55 bits per heavy atom. The van der Waals surface area contributed by atoms with Gasteiger partial charge in [0.25, 0.3) is 0 Å². The van der Waals surface area contributed by atoms with E-state index < -0.39 is 0 Å². The molecule has 5 rings (SSSR count). The highest BCUT2D eigenvalue weighted by Crippen LogP contribution is 2.24. The van der Waals surface area contributed by atoms with Crippen molar-refractivity contribution in [3.63, 3.8) is 0 Å². The normalized spacial score (nSPS) is 14.2. The van der Waals surface area contributed by atoms with Gasteiger partial charge in [-0.05, 0) is 24.3 Å². The summed E-state index contributed by atoms with van der Waals surface area (Å²) in [6.07, 6.45) is 5.32. The van der Waals surface area contributed by atoms with E-state index >= 15 is 0 Å². The van der Waals surface area contributed by atoms with Crippen molar-refractivity contribution in [2.24, 2.45) is 0 Å². The summed E-state index contributed by atoms with van der Waals surface area (Å²) >= 11 is 0. The van der Waals surface area contributed by atoms with Crippen LogP contribution in [0, 0.1) is 0 Å². The van der Waals surface area contributed by atoms with Gasteiger partial charge in [0.15, 0.2) is 5.82 Å². The first-order valence-corrected chi connectivity index (χ1v) is 9.58. The Bertz CT molecular complexity index is 1100. The maximum absolute atomic E-state index is 4.68. The quantitative estimate of drug-likeness (QED) is 0.575. The van der Waals surface area contributed by atoms with E-state index in [0.717, 1.165) is 54.4 Å². The third-order valence-electron chi connectivity index (χ3n) is 5.00. The fourth-order valence-corrected chi connectivity index (χ4v) is 3.53. The molecule has 1 N–H and O–H groups in total. The molecule has 1 saturated heterocycles. The molecule has 0 bridgehead atoms. The van der Waals surface area contributed by atoms with Gasteiger partial charge in [-0.1, -0.05) is 24.3 Å². The van der Waals surface area contributed by atoms with Gasteiger partial charge in [0, 0.05) is 44.0 Å². The van der Waals surface area contributed by atoms with Crippen LogP contribution in [0.1, 0.15) is 0 Å². The molecule has 8 nitrogen and oxygen atoms in total. The predicted molar refractivity (Wildman–Crippen MR) is 114 cm³/mol. The molecule has 144 valence electrons. The van der Waals surface area contributed by atoms with Gasteiger partial charge in [0.1, 0.15) is 5.82 Å². The van der Waals surface area contributed by atoms with E-state index in [1.807, 2.05) is 54.7 Å². The molecule has 8 heteroatoms. The summed E-state index contributed by atoms with van der Waals surface area (Å²) in [5, 5.41) is 12.6. The lowest BCUT2D eigenvalue weighted by molar-refractivity contribution is 0.639. The molecule has 1 aliphatic rings. The van der Waals surface area contributed by atoms with Gasteiger partial charge < -0.3 is 15.1 Å². The van der Waals surface area contributed by atoms with Gasteiger partial charge in [-0.15, -0.1) is 5.10 Å². The highest BCUT2D eigenvalue weighted by molar-refractivity contribution is 5.91. The van der Waals surface area contributed by atoms with Crippen molar-refractivity contribution in [3.8, 4) is 0 Å². The molecule has 29 heavy (non-hydrogen) atoms. The molecular formula is C21H20N8. The number of piperazine rings is 1. The molecule has 1 fully saturated rings. The van der Waals surface area contributed by atoms with Crippen LogP contribution in [0.3, 0.4) is 0 Å². The Kier molecular flexibility index (Phi) is 4.57. The second-order valence-corrected chi connectivity index (χ2v) is 6.81. The monoisotopic (exact) mass is 384 g/mol. The Morgan fingerprint density at radius 3 is 2.38 bits per heavy atom. The van der Waals surface area contributed by atoms with Crippen LogP contribution in [0.4, 0.5) is 23.3 Å². The van der Waals surface area contributed by atoms with E-state index in [4.69, 9.17) is 0 Å². The van der Waals surface area contributed by atoms with Crippen LogP contribution in [0.2, 0.25) is 0 Å². The third kappa shape index (κ3) is 3.64. The van der Waals surface area contributed by atoms with Crippen LogP contribution in [0.5, 0.6) is 0 Å². The summed E-state index contributed by atoms with van der Waals surface area (Å²) in [6.45, 7) is 3.48. The fourth-order valence-electron chi connectivity index (χ4n) is 3.53. The molecule has 0 unspecified atom stereocenters. The zero-order chi connectivity index (χ0) is 19.5. The van der Waals surface area contributed by atoms with Crippen molar-refractivity contribution >= 4 is 34.2 Å². The molecular weight excluding hydrogens is 364 g/mol. The lowest BCUT2D eigenvalue weighted by Crippen LogP contribution is -2.47. The van der Waals surface area contributed by atoms with Gasteiger partial charge in [-0.25, -0.2) is 4.98 Å². The van der Waals surface area contributed by atoms with Gasteiger partial charge in [0.05, 0.1) is 17.4 Å². The van der Waals surface area contributed by atoms with E-state index in [1.54, 1.807) is 12.4 Å². The number of fused-ring (bicyclic) bond motifs is 1. The SMILES string of the molecule is c1ccc(N2CCN(c3cnnc(Nc4cccc5cccnc45)n3)CC2)nc1. The van der Waals surface area contributed by atoms with Crippen LogP contribution in [-0.2, 0) is 0 Å². The highest BCUT2D eigenvalue weighted by Gasteiger charge is 2.19. The largest absolute Gasteiger partial charge is 0.353 e. The van der Waals surface area contributed by atoms with Gasteiger partial charge in [-0.2, -0.15) is 10.1 Å². The standard InChI is InChI=1S/C21H20N8/c1-2-9-22-18(8-1)28-11-13-29(14-12-28)19-15-24-27-21(26-19)25-17-7-3-5-16-6-4-10-23-20(16)17/h1-10,15H,11-14H2,(H,25,26,27). The molecule has 0 spiro atoms. The van der Waals surface area contributed by atoms with Crippen LogP contribution in [-0.4, -0.2) is 51.3 Å². The van der Waals surface area contributed by atoms with E-state index in [9.17, 15) is 0 Å². The number of hydrogen-bond donors (Lipinski definition) is 1. The zero-order valence-electron chi connectivity index (χ0n) is 15.8. The first-order valence-electron chi connectivity index (χ1n) is 9.58. The van der Waals surface area contributed by atoms with Crippen LogP contribution >= 0.6 is 0 Å². The van der Waals surface area contributed by atoms with Crippen molar-refractivity contribution in [2.45, 2.75) is 0 Å². The summed E-state index contributed by atoms with van der Waals surface area (Å²) in [5.41, 5.74) is 1.75. The number of pyridine rings is 2. The molecule has 1 aliphatic heterocycles. The molecule has 0 aliphatic carbocycles. The number of anilines is 4. The van der Waals surface area contributed by atoms with Crippen LogP contribution in [0.25, 0.3) is 10.9 Å². The van der Waals surface area contributed by atoms with Crippen molar-refractivity contribution in [1.29, 1.82) is 0 Å². The second kappa shape index (κ2) is 7.67. The van der Waals surface area contributed by atoms with Gasteiger partial charge in [0.2, 0.25) is 5.95 Å². The number of nitrogens with zero attached hydrogens (tertiary/aromatic N) is 7. The molecule has 3 aromatic heterocycles. The molecule has 0 amide bonds. The second-order valence-electron chi connectivity index (χ2n) is 6.81. The molecule has 4 heterocycles. The summed E-state index contributed by atoms with van der Waals surface area (Å²) < 4.78 is 0. The first kappa shape index (κ1) is 17.3. The maximum Gasteiger partial charge on any atom is 0.249 e. The number of para-hydroxylation sites is 1. The topological polar surface area (TPSA) is 83.0 Å². The van der Waals surface area contributed by atoms with Crippen molar-refractivity contribution in [1.82, 2.24) is 25.1 Å². The Hall–Kier alpha value is -3.81. The minimum absolute atomic E-state index is 0.466. The van der Waals surface area contributed by atoms with Crippen molar-refractivity contribution < 1.29 is 0 Å². The Morgan fingerprint density at radius 1 is 0.759 bits per heavy atom. The summed E-state index contributed by atoms with van der Waals surface area (Å²) in [6, 6.07) is 15.9. The lowest BCUT2D eigenvalue weighted by Gasteiger charge is -2.35. The highest BCUT2D eigenvalue weighted by atomic mass is 15.3. The van der Waals surface area contributed by atoms with Crippen molar-refractivity contribution in [3.05, 3.63) is 67.1 Å². The summed E-state index contributed by atoms with van der Waals surface area (Å²) in [5.74, 6) is 2.29. The smallest absolute Gasteiger partial charge is 0.249 e. The van der Waals surface area contributed by atoms with Crippen LogP contribution in [0.15, 0.2) is 67.1 Å². The number of aromatic nitrogens is 5. The molecule has 0 saturated carbocycles.